The number of nitrogens with zero attached hydrogens (tertiary/aromatic N) is 1. The van der Waals surface area contributed by atoms with E-state index in [4.69, 9.17) is 14.2 Å². The van der Waals surface area contributed by atoms with Crippen molar-refractivity contribution in [3.63, 3.8) is 0 Å². The fraction of sp³-hybridized carbons (Fsp3) is 0.250. The predicted octanol–water partition coefficient (Wildman–Crippen LogP) is 2.68. The molecule has 0 radical (unpaired) electrons. The number of nitro groups is 1. The number of nitrogens with one attached hydrogen (secondary N) is 1. The van der Waals surface area contributed by atoms with Gasteiger partial charge in [-0.2, -0.15) is 0 Å². The lowest BCUT2D eigenvalue weighted by Gasteiger charge is -2.13. The van der Waals surface area contributed by atoms with Crippen LogP contribution in [0.5, 0.6) is 11.5 Å². The monoisotopic (exact) mass is 314 g/mol. The molecule has 118 valence electrons. The highest BCUT2D eigenvalue weighted by Crippen LogP contribution is 2.37. The number of benzene rings is 2. The molecule has 0 amide bonds. The molecule has 2 atom stereocenters. The summed E-state index contributed by atoms with van der Waals surface area (Å²) in [6.07, 6.45) is -0.393. The standard InChI is InChI=1S/C16H14N2O5/c19-18(20)12-4-1-10(2-5-12)15-8-17-16(23-15)11-3-6-13-14(7-11)22-9-21-13/h1-7,15-17H,8-9H2/t15-,16-/m1/s1. The zero-order valence-electron chi connectivity index (χ0n) is 12.1. The van der Waals surface area contributed by atoms with Crippen LogP contribution in [0.2, 0.25) is 0 Å². The van der Waals surface area contributed by atoms with Crippen molar-refractivity contribution in [2.24, 2.45) is 0 Å². The molecule has 0 spiro atoms. The number of hydrogen-bond donors (Lipinski definition) is 1. The predicted molar refractivity (Wildman–Crippen MR) is 80.2 cm³/mol. The third kappa shape index (κ3) is 2.60. The Morgan fingerprint density at radius 2 is 1.78 bits per heavy atom. The number of ether oxygens (including phenoxy) is 3. The molecule has 1 N–H and O–H groups in total. The minimum absolute atomic E-state index is 0.0760. The molecular formula is C16H14N2O5. The highest BCUT2D eigenvalue weighted by Gasteiger charge is 2.28. The lowest BCUT2D eigenvalue weighted by atomic mass is 10.1. The van der Waals surface area contributed by atoms with E-state index in [1.807, 2.05) is 18.2 Å². The first-order chi connectivity index (χ1) is 11.2. The van der Waals surface area contributed by atoms with E-state index in [-0.39, 0.29) is 24.8 Å². The molecule has 1 saturated heterocycles. The van der Waals surface area contributed by atoms with Crippen LogP contribution in [0.4, 0.5) is 5.69 Å². The first kappa shape index (κ1) is 14.0. The largest absolute Gasteiger partial charge is 0.454 e. The average molecular weight is 314 g/mol. The third-order valence-electron chi connectivity index (χ3n) is 3.96. The summed E-state index contributed by atoms with van der Waals surface area (Å²) in [5.74, 6) is 1.45. The van der Waals surface area contributed by atoms with Gasteiger partial charge in [0.2, 0.25) is 6.79 Å². The minimum Gasteiger partial charge on any atom is -0.454 e. The van der Waals surface area contributed by atoms with E-state index in [0.717, 1.165) is 16.9 Å². The molecule has 2 aliphatic rings. The van der Waals surface area contributed by atoms with Crippen molar-refractivity contribution >= 4 is 5.69 Å². The highest BCUT2D eigenvalue weighted by atomic mass is 16.7. The van der Waals surface area contributed by atoms with Crippen LogP contribution in [0.25, 0.3) is 0 Å². The molecule has 0 bridgehead atoms. The van der Waals surface area contributed by atoms with Crippen LogP contribution < -0.4 is 14.8 Å². The Hall–Kier alpha value is -2.64. The van der Waals surface area contributed by atoms with Crippen LogP contribution in [0.15, 0.2) is 42.5 Å². The summed E-state index contributed by atoms with van der Waals surface area (Å²) < 4.78 is 16.7. The summed E-state index contributed by atoms with van der Waals surface area (Å²) in [6, 6.07) is 12.1. The summed E-state index contributed by atoms with van der Waals surface area (Å²) in [5, 5.41) is 14.0. The third-order valence-corrected chi connectivity index (χ3v) is 3.96. The first-order valence-corrected chi connectivity index (χ1v) is 7.23. The maximum atomic E-state index is 10.7. The highest BCUT2D eigenvalue weighted by molar-refractivity contribution is 5.45. The van der Waals surface area contributed by atoms with Crippen LogP contribution in [-0.4, -0.2) is 18.3 Å². The molecule has 2 aliphatic heterocycles. The van der Waals surface area contributed by atoms with Crippen LogP contribution in [0.1, 0.15) is 23.5 Å². The molecule has 7 heteroatoms. The molecule has 4 rings (SSSR count). The molecule has 2 aromatic rings. The zero-order valence-corrected chi connectivity index (χ0v) is 12.1. The SMILES string of the molecule is O=[N+]([O-])c1ccc([C@H]2CN[C@@H](c3ccc4c(c3)OCO4)O2)cc1. The molecule has 0 aromatic heterocycles. The minimum atomic E-state index is -0.410. The van der Waals surface area contributed by atoms with Gasteiger partial charge in [0, 0.05) is 18.7 Å². The number of fused-ring (bicyclic) bond motifs is 1. The van der Waals surface area contributed by atoms with Gasteiger partial charge in [-0.15, -0.1) is 0 Å². The van der Waals surface area contributed by atoms with Crippen LogP contribution >= 0.6 is 0 Å². The van der Waals surface area contributed by atoms with Gasteiger partial charge < -0.3 is 14.2 Å². The van der Waals surface area contributed by atoms with E-state index in [0.29, 0.717) is 12.3 Å². The van der Waals surface area contributed by atoms with E-state index in [9.17, 15) is 10.1 Å². The lowest BCUT2D eigenvalue weighted by molar-refractivity contribution is -0.384. The van der Waals surface area contributed by atoms with Crippen LogP contribution in [0.3, 0.4) is 0 Å². The molecule has 0 aliphatic carbocycles. The fourth-order valence-corrected chi connectivity index (χ4v) is 2.75. The van der Waals surface area contributed by atoms with Crippen molar-refractivity contribution in [1.29, 1.82) is 0 Å². The van der Waals surface area contributed by atoms with Gasteiger partial charge in [-0.1, -0.05) is 6.07 Å². The van der Waals surface area contributed by atoms with Crippen molar-refractivity contribution < 1.29 is 19.1 Å². The Balaban J connectivity index is 1.49. The smallest absolute Gasteiger partial charge is 0.269 e. The normalized spacial score (nSPS) is 22.3. The summed E-state index contributed by atoms with van der Waals surface area (Å²) in [5.41, 5.74) is 1.94. The van der Waals surface area contributed by atoms with Crippen LogP contribution in [-0.2, 0) is 4.74 Å². The van der Waals surface area contributed by atoms with Gasteiger partial charge in [0.1, 0.15) is 6.23 Å². The molecule has 0 saturated carbocycles. The second-order valence-corrected chi connectivity index (χ2v) is 5.37. The molecule has 2 heterocycles. The molecule has 1 fully saturated rings. The Morgan fingerprint density at radius 1 is 1.04 bits per heavy atom. The van der Waals surface area contributed by atoms with Gasteiger partial charge in [0.25, 0.3) is 5.69 Å². The van der Waals surface area contributed by atoms with Gasteiger partial charge in [-0.05, 0) is 35.4 Å². The van der Waals surface area contributed by atoms with Gasteiger partial charge >= 0.3 is 0 Å². The summed E-state index contributed by atoms with van der Waals surface area (Å²) >= 11 is 0. The second kappa shape index (κ2) is 5.53. The number of non-ortho nitro benzene ring substituents is 1. The van der Waals surface area contributed by atoms with Gasteiger partial charge in [-0.25, -0.2) is 0 Å². The Bertz CT molecular complexity index is 747. The maximum Gasteiger partial charge on any atom is 0.269 e. The van der Waals surface area contributed by atoms with Crippen molar-refractivity contribution in [2.45, 2.75) is 12.3 Å². The average Bonchev–Trinajstić information content (AvgIpc) is 3.23. The van der Waals surface area contributed by atoms with Gasteiger partial charge in [-0.3, -0.25) is 15.4 Å². The molecule has 23 heavy (non-hydrogen) atoms. The number of hydrogen-bond acceptors (Lipinski definition) is 6. The van der Waals surface area contributed by atoms with E-state index in [1.165, 1.54) is 12.1 Å². The lowest BCUT2D eigenvalue weighted by Crippen LogP contribution is -2.13. The van der Waals surface area contributed by atoms with E-state index in [1.54, 1.807) is 12.1 Å². The Labute approximate surface area is 131 Å². The van der Waals surface area contributed by atoms with E-state index >= 15 is 0 Å². The van der Waals surface area contributed by atoms with E-state index < -0.39 is 4.92 Å². The van der Waals surface area contributed by atoms with Crippen molar-refractivity contribution in [3.8, 4) is 11.5 Å². The fourth-order valence-electron chi connectivity index (χ4n) is 2.75. The maximum absolute atomic E-state index is 10.7. The second-order valence-electron chi connectivity index (χ2n) is 5.37. The first-order valence-electron chi connectivity index (χ1n) is 7.23. The van der Waals surface area contributed by atoms with E-state index in [2.05, 4.69) is 5.32 Å². The summed E-state index contributed by atoms with van der Waals surface area (Å²) in [4.78, 5) is 10.3. The summed E-state index contributed by atoms with van der Waals surface area (Å²) in [6.45, 7) is 0.875. The molecule has 2 aromatic carbocycles. The van der Waals surface area contributed by atoms with Gasteiger partial charge in [0.15, 0.2) is 11.5 Å². The summed E-state index contributed by atoms with van der Waals surface area (Å²) in [7, 11) is 0. The molecule has 7 nitrogen and oxygen atoms in total. The van der Waals surface area contributed by atoms with Gasteiger partial charge in [0.05, 0.1) is 11.0 Å². The van der Waals surface area contributed by atoms with Crippen molar-refractivity contribution in [3.05, 3.63) is 63.7 Å². The number of rotatable bonds is 3. The van der Waals surface area contributed by atoms with Crippen molar-refractivity contribution in [2.75, 3.05) is 13.3 Å². The zero-order chi connectivity index (χ0) is 15.8. The topological polar surface area (TPSA) is 82.9 Å². The van der Waals surface area contributed by atoms with Crippen LogP contribution in [0, 0.1) is 10.1 Å². The Morgan fingerprint density at radius 3 is 2.57 bits per heavy atom. The Kier molecular flexibility index (Phi) is 3.36. The molecular weight excluding hydrogens is 300 g/mol. The number of nitro benzene ring substituents is 1. The van der Waals surface area contributed by atoms with Crippen molar-refractivity contribution in [1.82, 2.24) is 5.32 Å². The quantitative estimate of drug-likeness (QED) is 0.693. The molecule has 0 unspecified atom stereocenters.